The van der Waals surface area contributed by atoms with E-state index in [0.29, 0.717) is 5.56 Å². The molecule has 0 radical (unpaired) electrons. The Bertz CT molecular complexity index is 561. The smallest absolute Gasteiger partial charge is 0.351 e. The van der Waals surface area contributed by atoms with Crippen LogP contribution in [0.3, 0.4) is 0 Å². The highest BCUT2D eigenvalue weighted by atomic mass is 127. The van der Waals surface area contributed by atoms with Gasteiger partial charge in [-0.2, -0.15) is 4.98 Å². The van der Waals surface area contributed by atoms with Crippen LogP contribution in [0.15, 0.2) is 15.1 Å². The molecule has 0 spiro atoms. The van der Waals surface area contributed by atoms with Crippen LogP contribution in [0.5, 0.6) is 0 Å². The molecule has 1 aromatic rings. The third-order valence-electron chi connectivity index (χ3n) is 3.02. The summed E-state index contributed by atoms with van der Waals surface area (Å²) >= 11 is 2.00. The Hall–Kier alpha value is -1.01. The molecule has 8 nitrogen and oxygen atoms in total. The summed E-state index contributed by atoms with van der Waals surface area (Å²) in [7, 11) is 0. The van der Waals surface area contributed by atoms with Gasteiger partial charge in [0.15, 0.2) is 5.82 Å². The molecular formula is C11H14IN3O5. The molecule has 0 amide bonds. The number of anilines is 1. The Balaban J connectivity index is 2.38. The molecule has 0 aliphatic carbocycles. The molecule has 2 heterocycles. The molecule has 1 saturated heterocycles. The van der Waals surface area contributed by atoms with Crippen molar-refractivity contribution in [3.63, 3.8) is 0 Å². The molecule has 0 bridgehead atoms. The van der Waals surface area contributed by atoms with Crippen molar-refractivity contribution in [1.29, 1.82) is 0 Å². The molecule has 20 heavy (non-hydrogen) atoms. The van der Waals surface area contributed by atoms with E-state index in [-0.39, 0.29) is 18.8 Å². The fourth-order valence-corrected chi connectivity index (χ4v) is 2.41. The molecule has 3 atom stereocenters. The van der Waals surface area contributed by atoms with Gasteiger partial charge in [0, 0.05) is 18.2 Å². The Morgan fingerprint density at radius 1 is 1.65 bits per heavy atom. The maximum absolute atomic E-state index is 11.9. The molecule has 110 valence electrons. The van der Waals surface area contributed by atoms with Crippen molar-refractivity contribution in [2.45, 2.75) is 24.9 Å². The summed E-state index contributed by atoms with van der Waals surface area (Å²) in [6, 6.07) is 0. The summed E-state index contributed by atoms with van der Waals surface area (Å²) in [5.41, 5.74) is 1.73. The van der Waals surface area contributed by atoms with Gasteiger partial charge in [0.1, 0.15) is 12.3 Å². The first kappa shape index (κ1) is 15.4. The number of aromatic nitrogens is 2. The zero-order chi connectivity index (χ0) is 14.7. The average molecular weight is 395 g/mol. The molecule has 1 aliphatic heterocycles. The van der Waals surface area contributed by atoms with Gasteiger partial charge in [-0.25, -0.2) is 4.79 Å². The standard InChI is InChI=1S/C11H14IN3O5/c12-2-1-6-4-15(11(18)13-10(6)14-19)9-3-7(17)8(5-16)20-9/h1-2,4,7-9,16-17,19H,3,5H2,(H,13,14,18)/t7?,8-,9-/m1/s1. The van der Waals surface area contributed by atoms with E-state index in [1.165, 1.54) is 10.8 Å². The van der Waals surface area contributed by atoms with Crippen molar-refractivity contribution >= 4 is 34.5 Å². The van der Waals surface area contributed by atoms with Crippen molar-refractivity contribution in [2.75, 3.05) is 12.1 Å². The van der Waals surface area contributed by atoms with Gasteiger partial charge in [-0.15, -0.1) is 0 Å². The largest absolute Gasteiger partial charge is 0.394 e. The number of aliphatic hydroxyl groups excluding tert-OH is 2. The summed E-state index contributed by atoms with van der Waals surface area (Å²) in [5, 5.41) is 27.7. The highest BCUT2D eigenvalue weighted by Gasteiger charge is 2.35. The van der Waals surface area contributed by atoms with Gasteiger partial charge in [-0.1, -0.05) is 22.6 Å². The van der Waals surface area contributed by atoms with Crippen molar-refractivity contribution in [2.24, 2.45) is 0 Å². The summed E-state index contributed by atoms with van der Waals surface area (Å²) in [6.45, 7) is -0.323. The lowest BCUT2D eigenvalue weighted by atomic mass is 10.2. The molecule has 1 aromatic heterocycles. The summed E-state index contributed by atoms with van der Waals surface area (Å²) in [6.07, 6.45) is 1.06. The summed E-state index contributed by atoms with van der Waals surface area (Å²) < 4.78 is 8.34. The molecule has 9 heteroatoms. The highest BCUT2D eigenvalue weighted by molar-refractivity contribution is 14.1. The third kappa shape index (κ3) is 3.01. The molecule has 4 N–H and O–H groups in total. The lowest BCUT2D eigenvalue weighted by molar-refractivity contribution is -0.0458. The van der Waals surface area contributed by atoms with Crippen molar-refractivity contribution in [3.05, 3.63) is 26.3 Å². The fraction of sp³-hybridized carbons (Fsp3) is 0.455. The van der Waals surface area contributed by atoms with Crippen LogP contribution in [-0.4, -0.2) is 43.8 Å². The Labute approximate surface area is 127 Å². The van der Waals surface area contributed by atoms with Crippen LogP contribution in [0.25, 0.3) is 6.08 Å². The number of halogens is 1. The quantitative estimate of drug-likeness (QED) is 0.422. The van der Waals surface area contributed by atoms with Crippen LogP contribution in [-0.2, 0) is 4.74 Å². The van der Waals surface area contributed by atoms with E-state index in [1.807, 2.05) is 28.1 Å². The van der Waals surface area contributed by atoms with Crippen molar-refractivity contribution in [1.82, 2.24) is 9.55 Å². The summed E-state index contributed by atoms with van der Waals surface area (Å²) in [5.74, 6) is 0.0384. The first-order valence-electron chi connectivity index (χ1n) is 5.85. The second-order valence-electron chi connectivity index (χ2n) is 4.25. The Morgan fingerprint density at radius 2 is 2.40 bits per heavy atom. The van der Waals surface area contributed by atoms with E-state index in [1.54, 1.807) is 10.2 Å². The van der Waals surface area contributed by atoms with Gasteiger partial charge in [-0.3, -0.25) is 15.3 Å². The van der Waals surface area contributed by atoms with Gasteiger partial charge in [0.25, 0.3) is 0 Å². The van der Waals surface area contributed by atoms with E-state index in [2.05, 4.69) is 4.98 Å². The van der Waals surface area contributed by atoms with Crippen molar-refractivity contribution < 1.29 is 20.2 Å². The lowest BCUT2D eigenvalue weighted by Crippen LogP contribution is -2.28. The zero-order valence-corrected chi connectivity index (χ0v) is 12.5. The van der Waals surface area contributed by atoms with Gasteiger partial charge in [0.2, 0.25) is 0 Å². The van der Waals surface area contributed by atoms with E-state index < -0.39 is 24.1 Å². The molecule has 0 aromatic carbocycles. The van der Waals surface area contributed by atoms with Gasteiger partial charge < -0.3 is 14.9 Å². The van der Waals surface area contributed by atoms with Crippen molar-refractivity contribution in [3.8, 4) is 0 Å². The minimum absolute atomic E-state index is 0.0384. The Morgan fingerprint density at radius 3 is 2.95 bits per heavy atom. The molecule has 1 fully saturated rings. The molecule has 2 rings (SSSR count). The monoisotopic (exact) mass is 395 g/mol. The van der Waals surface area contributed by atoms with Crippen LogP contribution in [0, 0.1) is 0 Å². The number of ether oxygens (including phenoxy) is 1. The predicted octanol–water partition coefficient (Wildman–Crippen LogP) is 0.0908. The first-order chi connectivity index (χ1) is 9.60. The predicted molar refractivity (Wildman–Crippen MR) is 78.6 cm³/mol. The van der Waals surface area contributed by atoms with E-state index in [0.717, 1.165) is 0 Å². The van der Waals surface area contributed by atoms with Crippen LogP contribution >= 0.6 is 22.6 Å². The van der Waals surface area contributed by atoms with E-state index >= 15 is 0 Å². The van der Waals surface area contributed by atoms with Crippen LogP contribution in [0.2, 0.25) is 0 Å². The number of nitrogens with one attached hydrogen (secondary N) is 1. The minimum Gasteiger partial charge on any atom is -0.394 e. The average Bonchev–Trinajstić information content (AvgIpc) is 2.81. The topological polar surface area (TPSA) is 117 Å². The number of aliphatic hydroxyl groups is 2. The second kappa shape index (κ2) is 6.63. The Kier molecular flexibility index (Phi) is 5.10. The van der Waals surface area contributed by atoms with Gasteiger partial charge in [0.05, 0.1) is 12.7 Å². The van der Waals surface area contributed by atoms with Crippen LogP contribution < -0.4 is 11.2 Å². The number of nitrogens with zero attached hydrogens (tertiary/aromatic N) is 2. The number of rotatable bonds is 4. The van der Waals surface area contributed by atoms with Crippen LogP contribution in [0.1, 0.15) is 18.2 Å². The minimum atomic E-state index is -0.837. The molecule has 1 aliphatic rings. The second-order valence-corrected chi connectivity index (χ2v) is 4.97. The highest BCUT2D eigenvalue weighted by Crippen LogP contribution is 2.28. The number of hydrogen-bond acceptors (Lipinski definition) is 7. The maximum Gasteiger partial charge on any atom is 0.351 e. The van der Waals surface area contributed by atoms with Gasteiger partial charge >= 0.3 is 5.69 Å². The third-order valence-corrected chi connectivity index (χ3v) is 3.38. The zero-order valence-electron chi connectivity index (χ0n) is 10.3. The number of hydrogen-bond donors (Lipinski definition) is 4. The van der Waals surface area contributed by atoms with E-state index in [9.17, 15) is 9.90 Å². The first-order valence-corrected chi connectivity index (χ1v) is 7.09. The molecule has 1 unspecified atom stereocenters. The van der Waals surface area contributed by atoms with Gasteiger partial charge in [-0.05, 0) is 10.2 Å². The molecule has 0 saturated carbocycles. The lowest BCUT2D eigenvalue weighted by Gasteiger charge is -2.15. The van der Waals surface area contributed by atoms with E-state index in [4.69, 9.17) is 15.1 Å². The SMILES string of the molecule is O=c1nc(NO)c(C=CI)cn1[C@H]1CC(O)[C@@H](CO)O1. The molecular weight excluding hydrogens is 381 g/mol. The summed E-state index contributed by atoms with van der Waals surface area (Å²) in [4.78, 5) is 15.6. The fourth-order valence-electron chi connectivity index (χ4n) is 2.02. The van der Waals surface area contributed by atoms with Crippen LogP contribution in [0.4, 0.5) is 5.82 Å². The maximum atomic E-state index is 11.9. The normalized spacial score (nSPS) is 26.3.